The zero-order chi connectivity index (χ0) is 11.1. The van der Waals surface area contributed by atoms with Crippen LogP contribution in [-0.4, -0.2) is 23.1 Å². The van der Waals surface area contributed by atoms with Crippen molar-refractivity contribution in [3.8, 4) is 17.7 Å². The van der Waals surface area contributed by atoms with Gasteiger partial charge in [-0.05, 0) is 20.8 Å². The minimum Gasteiger partial charge on any atom is -0.478 e. The average molecular weight is 205 g/mol. The van der Waals surface area contributed by atoms with Crippen LogP contribution in [0.1, 0.15) is 19.7 Å². The Morgan fingerprint density at radius 2 is 2.27 bits per heavy atom. The van der Waals surface area contributed by atoms with Gasteiger partial charge in [0.15, 0.2) is 0 Å². The van der Waals surface area contributed by atoms with E-state index >= 15 is 0 Å². The van der Waals surface area contributed by atoms with Gasteiger partial charge in [-0.2, -0.15) is 4.98 Å². The fourth-order valence-electron chi connectivity index (χ4n) is 1.08. The van der Waals surface area contributed by atoms with Crippen LogP contribution < -0.4 is 10.1 Å². The predicted octanol–water partition coefficient (Wildman–Crippen LogP) is 1.62. The van der Waals surface area contributed by atoms with Crippen LogP contribution in [0.4, 0.5) is 5.82 Å². The Balaban J connectivity index is 2.72. The number of nitrogens with one attached hydrogen (secondary N) is 1. The Bertz CT molecular complexity index is 379. The lowest BCUT2D eigenvalue weighted by Crippen LogP contribution is -2.04. The molecule has 0 saturated carbocycles. The Morgan fingerprint density at radius 1 is 1.47 bits per heavy atom. The normalized spacial score (nSPS) is 9.00. The molecular formula is C11H15N3O. The van der Waals surface area contributed by atoms with Gasteiger partial charge in [0, 0.05) is 6.07 Å². The molecule has 0 atom stereocenters. The quantitative estimate of drug-likeness (QED) is 0.759. The van der Waals surface area contributed by atoms with Crippen molar-refractivity contribution in [2.45, 2.75) is 20.8 Å². The number of aryl methyl sites for hydroxylation is 1. The second kappa shape index (κ2) is 5.86. The molecule has 0 amide bonds. The van der Waals surface area contributed by atoms with E-state index < -0.39 is 0 Å². The average Bonchev–Trinajstić information content (AvgIpc) is 2.18. The number of rotatable bonds is 4. The molecule has 1 aromatic rings. The van der Waals surface area contributed by atoms with Crippen molar-refractivity contribution in [3.05, 3.63) is 11.9 Å². The summed E-state index contributed by atoms with van der Waals surface area (Å²) >= 11 is 0. The summed E-state index contributed by atoms with van der Waals surface area (Å²) in [7, 11) is 0. The van der Waals surface area contributed by atoms with E-state index in [4.69, 9.17) is 4.74 Å². The van der Waals surface area contributed by atoms with E-state index in [-0.39, 0.29) is 0 Å². The lowest BCUT2D eigenvalue weighted by Gasteiger charge is -2.06. The zero-order valence-corrected chi connectivity index (χ0v) is 9.29. The van der Waals surface area contributed by atoms with Gasteiger partial charge >= 0.3 is 0 Å². The van der Waals surface area contributed by atoms with E-state index in [2.05, 4.69) is 27.1 Å². The van der Waals surface area contributed by atoms with Gasteiger partial charge in [0.2, 0.25) is 5.88 Å². The summed E-state index contributed by atoms with van der Waals surface area (Å²) in [6.07, 6.45) is 0. The lowest BCUT2D eigenvalue weighted by atomic mass is 10.5. The minimum atomic E-state index is 0.582. The van der Waals surface area contributed by atoms with Gasteiger partial charge in [0.05, 0.1) is 13.2 Å². The van der Waals surface area contributed by atoms with Crippen LogP contribution in [0.5, 0.6) is 5.88 Å². The molecule has 0 spiro atoms. The van der Waals surface area contributed by atoms with Crippen LogP contribution in [0.2, 0.25) is 0 Å². The van der Waals surface area contributed by atoms with Gasteiger partial charge in [0.25, 0.3) is 0 Å². The van der Waals surface area contributed by atoms with Crippen molar-refractivity contribution in [1.29, 1.82) is 0 Å². The number of hydrogen-bond acceptors (Lipinski definition) is 4. The summed E-state index contributed by atoms with van der Waals surface area (Å²) < 4.78 is 5.31. The number of ether oxygens (including phenoxy) is 1. The van der Waals surface area contributed by atoms with Crippen LogP contribution in [-0.2, 0) is 0 Å². The highest BCUT2D eigenvalue weighted by Crippen LogP contribution is 2.12. The van der Waals surface area contributed by atoms with E-state index in [0.29, 0.717) is 24.9 Å². The van der Waals surface area contributed by atoms with Crippen molar-refractivity contribution in [2.75, 3.05) is 18.5 Å². The maximum absolute atomic E-state index is 5.31. The Morgan fingerprint density at radius 3 is 2.93 bits per heavy atom. The lowest BCUT2D eigenvalue weighted by molar-refractivity contribution is 0.325. The van der Waals surface area contributed by atoms with Crippen molar-refractivity contribution in [3.63, 3.8) is 0 Å². The molecule has 0 aromatic carbocycles. The summed E-state index contributed by atoms with van der Waals surface area (Å²) in [5.74, 6) is 7.74. The standard InChI is InChI=1S/C11H15N3O/c1-4-6-7-12-10-8-11(15-5-2)14-9(3)13-10/h8H,5,7H2,1-3H3,(H,12,13,14). The Labute approximate surface area is 90.1 Å². The van der Waals surface area contributed by atoms with Gasteiger partial charge in [-0.3, -0.25) is 0 Å². The molecule has 0 aliphatic carbocycles. The monoisotopic (exact) mass is 205 g/mol. The highest BCUT2D eigenvalue weighted by molar-refractivity contribution is 5.39. The maximum Gasteiger partial charge on any atom is 0.218 e. The topological polar surface area (TPSA) is 47.0 Å². The molecule has 1 heterocycles. The second-order valence-corrected chi connectivity index (χ2v) is 2.85. The fraction of sp³-hybridized carbons (Fsp3) is 0.455. The summed E-state index contributed by atoms with van der Waals surface area (Å²) in [5, 5.41) is 3.08. The third-order valence-electron chi connectivity index (χ3n) is 1.64. The molecule has 1 N–H and O–H groups in total. The van der Waals surface area contributed by atoms with Crippen molar-refractivity contribution in [1.82, 2.24) is 9.97 Å². The molecule has 1 rings (SSSR count). The largest absolute Gasteiger partial charge is 0.478 e. The van der Waals surface area contributed by atoms with E-state index in [1.807, 2.05) is 13.8 Å². The van der Waals surface area contributed by atoms with Crippen LogP contribution >= 0.6 is 0 Å². The summed E-state index contributed by atoms with van der Waals surface area (Å²) in [4.78, 5) is 8.36. The molecule has 0 unspecified atom stereocenters. The number of anilines is 1. The van der Waals surface area contributed by atoms with Crippen molar-refractivity contribution < 1.29 is 4.74 Å². The highest BCUT2D eigenvalue weighted by Gasteiger charge is 2.00. The molecule has 0 radical (unpaired) electrons. The first-order valence-corrected chi connectivity index (χ1v) is 4.88. The third-order valence-corrected chi connectivity index (χ3v) is 1.64. The SMILES string of the molecule is CC#CCNc1cc(OCC)nc(C)n1. The van der Waals surface area contributed by atoms with Gasteiger partial charge in [-0.25, -0.2) is 4.98 Å². The van der Waals surface area contributed by atoms with E-state index in [1.165, 1.54) is 0 Å². The molecular weight excluding hydrogens is 190 g/mol. The molecule has 4 heteroatoms. The highest BCUT2D eigenvalue weighted by atomic mass is 16.5. The second-order valence-electron chi connectivity index (χ2n) is 2.85. The molecule has 0 saturated heterocycles. The van der Waals surface area contributed by atoms with Crippen LogP contribution in [0.25, 0.3) is 0 Å². The van der Waals surface area contributed by atoms with Crippen molar-refractivity contribution >= 4 is 5.82 Å². The summed E-state index contributed by atoms with van der Waals surface area (Å²) in [5.41, 5.74) is 0. The number of aromatic nitrogens is 2. The van der Waals surface area contributed by atoms with Gasteiger partial charge in [-0.15, -0.1) is 5.92 Å². The molecule has 0 bridgehead atoms. The summed E-state index contributed by atoms with van der Waals surface area (Å²) in [6.45, 7) is 6.74. The van der Waals surface area contributed by atoms with Crippen LogP contribution in [0.3, 0.4) is 0 Å². The predicted molar refractivity (Wildman–Crippen MR) is 59.9 cm³/mol. The van der Waals surface area contributed by atoms with Gasteiger partial charge in [-0.1, -0.05) is 5.92 Å². The Kier molecular flexibility index (Phi) is 4.42. The molecule has 0 aliphatic rings. The zero-order valence-electron chi connectivity index (χ0n) is 9.29. The van der Waals surface area contributed by atoms with Gasteiger partial charge < -0.3 is 10.1 Å². The summed E-state index contributed by atoms with van der Waals surface area (Å²) in [6, 6.07) is 1.77. The number of hydrogen-bond donors (Lipinski definition) is 1. The first-order valence-electron chi connectivity index (χ1n) is 4.88. The molecule has 4 nitrogen and oxygen atoms in total. The fourth-order valence-corrected chi connectivity index (χ4v) is 1.08. The first kappa shape index (κ1) is 11.3. The minimum absolute atomic E-state index is 0.582. The molecule has 0 aliphatic heterocycles. The molecule has 1 aromatic heterocycles. The molecule has 15 heavy (non-hydrogen) atoms. The van der Waals surface area contributed by atoms with Crippen LogP contribution in [0, 0.1) is 18.8 Å². The van der Waals surface area contributed by atoms with Crippen LogP contribution in [0.15, 0.2) is 6.07 Å². The number of nitrogens with zero attached hydrogens (tertiary/aromatic N) is 2. The van der Waals surface area contributed by atoms with E-state index in [1.54, 1.807) is 13.0 Å². The smallest absolute Gasteiger partial charge is 0.218 e. The van der Waals surface area contributed by atoms with Gasteiger partial charge in [0.1, 0.15) is 11.6 Å². The third kappa shape index (κ3) is 3.86. The Hall–Kier alpha value is -1.76. The molecule has 80 valence electrons. The van der Waals surface area contributed by atoms with Crippen molar-refractivity contribution in [2.24, 2.45) is 0 Å². The van der Waals surface area contributed by atoms with E-state index in [0.717, 1.165) is 5.82 Å². The molecule has 0 fully saturated rings. The maximum atomic E-state index is 5.31. The first-order chi connectivity index (χ1) is 7.26. The van der Waals surface area contributed by atoms with E-state index in [9.17, 15) is 0 Å².